The lowest BCUT2D eigenvalue weighted by molar-refractivity contribution is 0.724. The maximum Gasteiger partial charge on any atom is 0.0921 e. The Hall–Kier alpha value is -1.54. The standard InChI is InChI=1S/C16H15NS/c1-12-17-15(13-8-4-2-5-9-13)16(18-12)14-10-6-3-7-11-14/h2-11,15-16H,1H3/t15-,16-/m1/s1. The van der Waals surface area contributed by atoms with Gasteiger partial charge in [0.25, 0.3) is 0 Å². The van der Waals surface area contributed by atoms with Gasteiger partial charge in [-0.05, 0) is 18.1 Å². The van der Waals surface area contributed by atoms with E-state index in [2.05, 4.69) is 67.6 Å². The molecule has 0 radical (unpaired) electrons. The molecule has 0 spiro atoms. The average molecular weight is 253 g/mol. The molecule has 0 saturated carbocycles. The van der Waals surface area contributed by atoms with Gasteiger partial charge in [0.15, 0.2) is 0 Å². The number of aliphatic imine (C=N–C) groups is 1. The van der Waals surface area contributed by atoms with E-state index < -0.39 is 0 Å². The van der Waals surface area contributed by atoms with E-state index in [9.17, 15) is 0 Å². The number of benzene rings is 2. The van der Waals surface area contributed by atoms with Gasteiger partial charge in [0.2, 0.25) is 0 Å². The Morgan fingerprint density at radius 3 is 2.00 bits per heavy atom. The Morgan fingerprint density at radius 1 is 0.833 bits per heavy atom. The van der Waals surface area contributed by atoms with Gasteiger partial charge in [-0.3, -0.25) is 4.99 Å². The number of nitrogens with zero attached hydrogens (tertiary/aromatic N) is 1. The second-order valence-electron chi connectivity index (χ2n) is 4.45. The molecular formula is C16H15NS. The largest absolute Gasteiger partial charge is 0.274 e. The van der Waals surface area contributed by atoms with Crippen molar-refractivity contribution >= 4 is 16.8 Å². The monoisotopic (exact) mass is 253 g/mol. The quantitative estimate of drug-likeness (QED) is 0.760. The summed E-state index contributed by atoms with van der Waals surface area (Å²) in [5.41, 5.74) is 2.66. The van der Waals surface area contributed by atoms with Gasteiger partial charge in [0.05, 0.1) is 16.3 Å². The molecule has 0 bridgehead atoms. The lowest BCUT2D eigenvalue weighted by Crippen LogP contribution is -2.02. The summed E-state index contributed by atoms with van der Waals surface area (Å²) in [4.78, 5) is 4.80. The predicted octanol–water partition coefficient (Wildman–Crippen LogP) is 4.63. The Kier molecular flexibility index (Phi) is 3.20. The molecule has 0 N–H and O–H groups in total. The Bertz CT molecular complexity index is 548. The molecule has 2 atom stereocenters. The van der Waals surface area contributed by atoms with Crippen LogP contribution in [0.25, 0.3) is 0 Å². The Balaban J connectivity index is 1.97. The number of rotatable bonds is 2. The van der Waals surface area contributed by atoms with E-state index in [1.165, 1.54) is 16.2 Å². The molecule has 90 valence electrons. The third-order valence-electron chi connectivity index (χ3n) is 3.17. The maximum absolute atomic E-state index is 4.80. The van der Waals surface area contributed by atoms with Crippen molar-refractivity contribution in [2.75, 3.05) is 0 Å². The van der Waals surface area contributed by atoms with Gasteiger partial charge < -0.3 is 0 Å². The highest BCUT2D eigenvalue weighted by Crippen LogP contribution is 2.48. The lowest BCUT2D eigenvalue weighted by Gasteiger charge is -2.17. The van der Waals surface area contributed by atoms with E-state index in [-0.39, 0.29) is 6.04 Å². The second kappa shape index (κ2) is 4.99. The van der Waals surface area contributed by atoms with Gasteiger partial charge in [0.1, 0.15) is 0 Å². The van der Waals surface area contributed by atoms with Crippen molar-refractivity contribution in [3.05, 3.63) is 71.8 Å². The molecule has 0 aromatic heterocycles. The van der Waals surface area contributed by atoms with Crippen LogP contribution < -0.4 is 0 Å². The molecule has 1 aliphatic rings. The summed E-state index contributed by atoms with van der Waals surface area (Å²) in [7, 11) is 0. The van der Waals surface area contributed by atoms with Crippen molar-refractivity contribution in [1.29, 1.82) is 0 Å². The first-order valence-corrected chi connectivity index (χ1v) is 7.03. The first kappa shape index (κ1) is 11.5. The van der Waals surface area contributed by atoms with E-state index in [0.717, 1.165) is 0 Å². The normalized spacial score (nSPS) is 22.8. The zero-order chi connectivity index (χ0) is 12.4. The van der Waals surface area contributed by atoms with E-state index in [1.807, 2.05) is 11.8 Å². The van der Waals surface area contributed by atoms with Crippen LogP contribution in [0.4, 0.5) is 0 Å². The van der Waals surface area contributed by atoms with Gasteiger partial charge in [-0.25, -0.2) is 0 Å². The summed E-state index contributed by atoms with van der Waals surface area (Å²) < 4.78 is 0. The molecule has 1 heterocycles. The first-order chi connectivity index (χ1) is 8.84. The van der Waals surface area contributed by atoms with Gasteiger partial charge in [0, 0.05) is 0 Å². The Morgan fingerprint density at radius 2 is 1.39 bits per heavy atom. The molecule has 0 aliphatic carbocycles. The molecule has 2 aromatic carbocycles. The summed E-state index contributed by atoms with van der Waals surface area (Å²) in [6, 6.07) is 21.5. The van der Waals surface area contributed by atoms with Crippen molar-refractivity contribution in [1.82, 2.24) is 0 Å². The van der Waals surface area contributed by atoms with Crippen molar-refractivity contribution in [3.8, 4) is 0 Å². The zero-order valence-electron chi connectivity index (χ0n) is 10.3. The van der Waals surface area contributed by atoms with Crippen LogP contribution in [0.15, 0.2) is 65.7 Å². The van der Waals surface area contributed by atoms with Crippen LogP contribution in [0.3, 0.4) is 0 Å². The molecule has 0 unspecified atom stereocenters. The van der Waals surface area contributed by atoms with Crippen molar-refractivity contribution in [2.24, 2.45) is 4.99 Å². The summed E-state index contributed by atoms with van der Waals surface area (Å²) in [5.74, 6) is 0. The fourth-order valence-corrected chi connectivity index (χ4v) is 3.52. The molecular weight excluding hydrogens is 238 g/mol. The summed E-state index contributed by atoms with van der Waals surface area (Å²) in [5, 5.41) is 1.59. The van der Waals surface area contributed by atoms with Crippen molar-refractivity contribution in [2.45, 2.75) is 18.2 Å². The highest BCUT2D eigenvalue weighted by Gasteiger charge is 2.30. The molecule has 3 rings (SSSR count). The number of hydrogen-bond donors (Lipinski definition) is 0. The lowest BCUT2D eigenvalue weighted by atomic mass is 9.99. The summed E-state index contributed by atoms with van der Waals surface area (Å²) in [6.07, 6.45) is 0. The van der Waals surface area contributed by atoms with Gasteiger partial charge in [-0.15, -0.1) is 11.8 Å². The molecule has 2 heteroatoms. The topological polar surface area (TPSA) is 12.4 Å². The van der Waals surface area contributed by atoms with Crippen LogP contribution in [0, 0.1) is 0 Å². The average Bonchev–Trinajstić information content (AvgIpc) is 2.83. The van der Waals surface area contributed by atoms with Crippen LogP contribution in [0.5, 0.6) is 0 Å². The van der Waals surface area contributed by atoms with Crippen LogP contribution in [0.1, 0.15) is 29.3 Å². The molecule has 1 nitrogen and oxygen atoms in total. The first-order valence-electron chi connectivity index (χ1n) is 6.15. The smallest absolute Gasteiger partial charge is 0.0921 e. The molecule has 0 fully saturated rings. The minimum Gasteiger partial charge on any atom is -0.274 e. The third kappa shape index (κ3) is 2.21. The van der Waals surface area contributed by atoms with Crippen molar-refractivity contribution in [3.63, 3.8) is 0 Å². The summed E-state index contributed by atoms with van der Waals surface area (Å²) in [6.45, 7) is 2.10. The van der Waals surface area contributed by atoms with Gasteiger partial charge >= 0.3 is 0 Å². The fourth-order valence-electron chi connectivity index (χ4n) is 2.33. The molecule has 18 heavy (non-hydrogen) atoms. The molecule has 0 amide bonds. The van der Waals surface area contributed by atoms with Crippen LogP contribution in [-0.2, 0) is 0 Å². The van der Waals surface area contributed by atoms with E-state index in [4.69, 9.17) is 4.99 Å². The van der Waals surface area contributed by atoms with Gasteiger partial charge in [-0.1, -0.05) is 60.7 Å². The van der Waals surface area contributed by atoms with E-state index in [1.54, 1.807) is 0 Å². The molecule has 1 aliphatic heterocycles. The van der Waals surface area contributed by atoms with Crippen LogP contribution >= 0.6 is 11.8 Å². The van der Waals surface area contributed by atoms with E-state index in [0.29, 0.717) is 5.25 Å². The molecule has 0 saturated heterocycles. The Labute approximate surface area is 112 Å². The van der Waals surface area contributed by atoms with Gasteiger partial charge in [-0.2, -0.15) is 0 Å². The second-order valence-corrected chi connectivity index (χ2v) is 5.79. The third-order valence-corrected chi connectivity index (χ3v) is 4.40. The van der Waals surface area contributed by atoms with E-state index >= 15 is 0 Å². The zero-order valence-corrected chi connectivity index (χ0v) is 11.1. The highest BCUT2D eigenvalue weighted by molar-refractivity contribution is 8.14. The fraction of sp³-hybridized carbons (Fsp3) is 0.188. The number of hydrogen-bond acceptors (Lipinski definition) is 2. The van der Waals surface area contributed by atoms with Crippen LogP contribution in [0.2, 0.25) is 0 Å². The predicted molar refractivity (Wildman–Crippen MR) is 79.1 cm³/mol. The maximum atomic E-state index is 4.80. The minimum absolute atomic E-state index is 0.249. The summed E-state index contributed by atoms with van der Waals surface area (Å²) >= 11 is 1.87. The highest BCUT2D eigenvalue weighted by atomic mass is 32.2. The SMILES string of the molecule is CC1=N[C@H](c2ccccc2)[C@@H](c2ccccc2)S1. The van der Waals surface area contributed by atoms with Crippen molar-refractivity contribution < 1.29 is 0 Å². The number of thioether (sulfide) groups is 1. The minimum atomic E-state index is 0.249. The molecule has 2 aromatic rings. The van der Waals surface area contributed by atoms with Crippen LogP contribution in [-0.4, -0.2) is 5.04 Å².